The highest BCUT2D eigenvalue weighted by Crippen LogP contribution is 2.39. The van der Waals surface area contributed by atoms with Crippen molar-refractivity contribution < 1.29 is 27.8 Å². The number of ether oxygens (including phenoxy) is 2. The molecular weight excluding hydrogens is 404 g/mol. The number of piperidine rings is 2. The highest BCUT2D eigenvalue weighted by atomic mass is 19.3. The normalized spacial score (nSPS) is 22.8. The average Bonchev–Trinajstić information content (AvgIpc) is 2.77. The quantitative estimate of drug-likeness (QED) is 0.574. The summed E-state index contributed by atoms with van der Waals surface area (Å²) in [7, 11) is 0. The van der Waals surface area contributed by atoms with Crippen molar-refractivity contribution in [2.75, 3.05) is 0 Å². The van der Waals surface area contributed by atoms with E-state index in [0.717, 1.165) is 24.8 Å². The van der Waals surface area contributed by atoms with Gasteiger partial charge in [-0.25, -0.2) is 4.79 Å². The first-order valence-electron chi connectivity index (χ1n) is 10.6. The largest absolute Gasteiger partial charge is 0.445 e. The van der Waals surface area contributed by atoms with Crippen molar-refractivity contribution in [1.82, 2.24) is 4.90 Å². The van der Waals surface area contributed by atoms with Crippen LogP contribution < -0.4 is 4.74 Å². The summed E-state index contributed by atoms with van der Waals surface area (Å²) in [6.07, 6.45) is 3.58. The van der Waals surface area contributed by atoms with Gasteiger partial charge in [0.1, 0.15) is 12.4 Å². The monoisotopic (exact) mass is 429 g/mol. The number of Topliss-reactive ketones (excluding diaryl/α,β-unsaturated/α-hetero) is 1. The van der Waals surface area contributed by atoms with Gasteiger partial charge in [0, 0.05) is 23.6 Å². The van der Waals surface area contributed by atoms with E-state index in [4.69, 9.17) is 4.74 Å². The summed E-state index contributed by atoms with van der Waals surface area (Å²) < 4.78 is 34.6. The number of benzene rings is 2. The molecule has 0 N–H and O–H groups in total. The fraction of sp³-hybridized carbons (Fsp3) is 0.417. The molecule has 1 amide bonds. The van der Waals surface area contributed by atoms with Gasteiger partial charge in [0.05, 0.1) is 0 Å². The lowest BCUT2D eigenvalue weighted by molar-refractivity contribution is -0.0498. The van der Waals surface area contributed by atoms with Crippen molar-refractivity contribution in [1.29, 1.82) is 0 Å². The molecule has 2 aliphatic rings. The van der Waals surface area contributed by atoms with Gasteiger partial charge in [-0.15, -0.1) is 0 Å². The summed E-state index contributed by atoms with van der Waals surface area (Å²) in [5.74, 6) is -0.187. The Kier molecular flexibility index (Phi) is 6.49. The highest BCUT2D eigenvalue weighted by molar-refractivity contribution is 5.98. The first kappa shape index (κ1) is 21.3. The van der Waals surface area contributed by atoms with E-state index in [9.17, 15) is 18.4 Å². The minimum absolute atomic E-state index is 0.0159. The Morgan fingerprint density at radius 3 is 2.23 bits per heavy atom. The van der Waals surface area contributed by atoms with Gasteiger partial charge in [0.25, 0.3) is 0 Å². The smallest absolute Gasteiger partial charge is 0.410 e. The van der Waals surface area contributed by atoms with Crippen LogP contribution in [0.15, 0.2) is 54.6 Å². The van der Waals surface area contributed by atoms with E-state index in [-0.39, 0.29) is 42.2 Å². The van der Waals surface area contributed by atoms with Crippen LogP contribution in [-0.2, 0) is 11.3 Å². The van der Waals surface area contributed by atoms with Crippen LogP contribution in [0.2, 0.25) is 0 Å². The van der Waals surface area contributed by atoms with Gasteiger partial charge in [-0.2, -0.15) is 8.78 Å². The minimum atomic E-state index is -2.90. The lowest BCUT2D eigenvalue weighted by atomic mass is 9.76. The van der Waals surface area contributed by atoms with Crippen molar-refractivity contribution in [2.24, 2.45) is 5.92 Å². The topological polar surface area (TPSA) is 55.8 Å². The maximum atomic E-state index is 13.0. The number of ketones is 1. The van der Waals surface area contributed by atoms with E-state index in [1.807, 2.05) is 35.2 Å². The molecule has 4 rings (SSSR count). The zero-order chi connectivity index (χ0) is 21.8. The molecule has 0 radical (unpaired) electrons. The molecule has 2 aliphatic heterocycles. The first-order valence-corrected chi connectivity index (χ1v) is 10.6. The van der Waals surface area contributed by atoms with Crippen molar-refractivity contribution in [3.63, 3.8) is 0 Å². The molecule has 2 fully saturated rings. The first-order chi connectivity index (χ1) is 15.0. The molecule has 2 atom stereocenters. The van der Waals surface area contributed by atoms with Crippen LogP contribution in [0, 0.1) is 5.92 Å². The number of hydrogen-bond donors (Lipinski definition) is 0. The predicted molar refractivity (Wildman–Crippen MR) is 110 cm³/mol. The van der Waals surface area contributed by atoms with Crippen LogP contribution in [0.4, 0.5) is 13.6 Å². The molecular formula is C24H25F2NO4. The lowest BCUT2D eigenvalue weighted by Crippen LogP contribution is -2.55. The third-order valence-corrected chi connectivity index (χ3v) is 6.13. The van der Waals surface area contributed by atoms with Crippen LogP contribution in [0.25, 0.3) is 0 Å². The molecule has 2 saturated heterocycles. The number of alkyl halides is 2. The zero-order valence-electron chi connectivity index (χ0n) is 17.1. The molecule has 5 nitrogen and oxygen atoms in total. The Labute approximate surface area is 179 Å². The van der Waals surface area contributed by atoms with Gasteiger partial charge in [0.2, 0.25) is 0 Å². The molecule has 2 bridgehead atoms. The summed E-state index contributed by atoms with van der Waals surface area (Å²) in [4.78, 5) is 27.7. The number of nitrogens with zero attached hydrogens (tertiary/aromatic N) is 1. The minimum Gasteiger partial charge on any atom is -0.445 e. The van der Waals surface area contributed by atoms with Crippen molar-refractivity contribution in [2.45, 2.75) is 57.4 Å². The van der Waals surface area contributed by atoms with Crippen LogP contribution >= 0.6 is 0 Å². The summed E-state index contributed by atoms with van der Waals surface area (Å²) in [6, 6.07) is 15.3. The Bertz CT molecular complexity index is 890. The van der Waals surface area contributed by atoms with Crippen LogP contribution in [-0.4, -0.2) is 35.5 Å². The molecule has 7 heteroatoms. The van der Waals surface area contributed by atoms with Gasteiger partial charge in [-0.05, 0) is 61.9 Å². The van der Waals surface area contributed by atoms with Crippen molar-refractivity contribution in [3.8, 4) is 5.75 Å². The molecule has 0 aliphatic carbocycles. The molecule has 2 heterocycles. The van der Waals surface area contributed by atoms with Crippen LogP contribution in [0.1, 0.15) is 48.0 Å². The number of carbonyl (C=O) groups is 2. The standard InChI is InChI=1S/C24H25F2NO4/c25-23(26)31-21-11-9-17(10-12-21)22(28)18-13-19-7-4-8-20(14-18)27(19)24(29)30-15-16-5-2-1-3-6-16/h1-3,5-6,9-12,18-20,23H,4,7-8,13-15H2. The van der Waals surface area contributed by atoms with Gasteiger partial charge < -0.3 is 14.4 Å². The molecule has 164 valence electrons. The Morgan fingerprint density at radius 2 is 1.61 bits per heavy atom. The molecule has 0 saturated carbocycles. The van der Waals surface area contributed by atoms with Gasteiger partial charge in [-0.3, -0.25) is 4.79 Å². The number of halogens is 2. The third kappa shape index (κ3) is 5.03. The number of fused-ring (bicyclic) bond motifs is 2. The second-order valence-electron chi connectivity index (χ2n) is 8.12. The Hall–Kier alpha value is -2.96. The van der Waals surface area contributed by atoms with Gasteiger partial charge in [-0.1, -0.05) is 30.3 Å². The SMILES string of the molecule is O=C(c1ccc(OC(F)F)cc1)C1CC2CCCC(C1)N2C(=O)OCc1ccccc1. The maximum Gasteiger partial charge on any atom is 0.410 e. The maximum absolute atomic E-state index is 13.0. The molecule has 2 aromatic rings. The average molecular weight is 429 g/mol. The summed E-state index contributed by atoms with van der Waals surface area (Å²) in [5.41, 5.74) is 1.41. The predicted octanol–water partition coefficient (Wildman–Crippen LogP) is 5.44. The summed E-state index contributed by atoms with van der Waals surface area (Å²) >= 11 is 0. The van der Waals surface area contributed by atoms with Crippen LogP contribution in [0.3, 0.4) is 0 Å². The van der Waals surface area contributed by atoms with E-state index in [1.54, 1.807) is 0 Å². The molecule has 0 aromatic heterocycles. The fourth-order valence-electron chi connectivity index (χ4n) is 4.72. The van der Waals surface area contributed by atoms with E-state index in [1.165, 1.54) is 24.3 Å². The third-order valence-electron chi connectivity index (χ3n) is 6.13. The van der Waals surface area contributed by atoms with Gasteiger partial charge in [0.15, 0.2) is 5.78 Å². The Morgan fingerprint density at radius 1 is 0.968 bits per heavy atom. The van der Waals surface area contributed by atoms with E-state index in [0.29, 0.717) is 18.4 Å². The second-order valence-corrected chi connectivity index (χ2v) is 8.12. The molecule has 0 spiro atoms. The van der Waals surface area contributed by atoms with Crippen molar-refractivity contribution in [3.05, 3.63) is 65.7 Å². The summed E-state index contributed by atoms with van der Waals surface area (Å²) in [5, 5.41) is 0. The number of rotatable bonds is 6. The Balaban J connectivity index is 1.39. The molecule has 2 unspecified atom stereocenters. The van der Waals surface area contributed by atoms with E-state index >= 15 is 0 Å². The second kappa shape index (κ2) is 9.45. The summed E-state index contributed by atoms with van der Waals surface area (Å²) in [6.45, 7) is -2.67. The lowest BCUT2D eigenvalue weighted by Gasteiger charge is -2.47. The number of hydrogen-bond acceptors (Lipinski definition) is 4. The number of amides is 1. The van der Waals surface area contributed by atoms with Gasteiger partial charge >= 0.3 is 12.7 Å². The van der Waals surface area contributed by atoms with Crippen molar-refractivity contribution >= 4 is 11.9 Å². The zero-order valence-corrected chi connectivity index (χ0v) is 17.1. The molecule has 31 heavy (non-hydrogen) atoms. The van der Waals surface area contributed by atoms with Crippen LogP contribution in [0.5, 0.6) is 5.75 Å². The van der Waals surface area contributed by atoms with E-state index < -0.39 is 6.61 Å². The highest BCUT2D eigenvalue weighted by Gasteiger charge is 2.43. The van der Waals surface area contributed by atoms with E-state index in [2.05, 4.69) is 4.74 Å². The number of carbonyl (C=O) groups excluding carboxylic acids is 2. The molecule has 2 aromatic carbocycles. The fourth-order valence-corrected chi connectivity index (χ4v) is 4.72.